The highest BCUT2D eigenvalue weighted by atomic mass is 16.6. The van der Waals surface area contributed by atoms with E-state index in [0.29, 0.717) is 5.69 Å². The highest BCUT2D eigenvalue weighted by molar-refractivity contribution is 5.86. The Kier molecular flexibility index (Phi) is 4.02. The number of esters is 1. The summed E-state index contributed by atoms with van der Waals surface area (Å²) in [4.78, 5) is 15.2. The first-order chi connectivity index (χ1) is 9.19. The summed E-state index contributed by atoms with van der Waals surface area (Å²) in [7, 11) is 0. The SMILES string of the molecule is CCOC(=O)c1coc(OCc2ccc(N)cc2)n1. The highest BCUT2D eigenvalue weighted by Gasteiger charge is 2.13. The van der Waals surface area contributed by atoms with Crippen molar-refractivity contribution in [2.24, 2.45) is 0 Å². The topological polar surface area (TPSA) is 87.6 Å². The Balaban J connectivity index is 1.93. The van der Waals surface area contributed by atoms with Crippen molar-refractivity contribution in [2.75, 3.05) is 12.3 Å². The van der Waals surface area contributed by atoms with Crippen LogP contribution in [0.15, 0.2) is 34.9 Å². The minimum atomic E-state index is -0.534. The summed E-state index contributed by atoms with van der Waals surface area (Å²) in [6.07, 6.45) is 1.23. The highest BCUT2D eigenvalue weighted by Crippen LogP contribution is 2.14. The lowest BCUT2D eigenvalue weighted by atomic mass is 10.2. The molecule has 6 nitrogen and oxygen atoms in total. The molecule has 19 heavy (non-hydrogen) atoms. The smallest absolute Gasteiger partial charge is 0.394 e. The molecule has 1 aromatic carbocycles. The van der Waals surface area contributed by atoms with Crippen LogP contribution in [0.5, 0.6) is 6.08 Å². The maximum Gasteiger partial charge on any atom is 0.394 e. The van der Waals surface area contributed by atoms with Gasteiger partial charge < -0.3 is 19.6 Å². The van der Waals surface area contributed by atoms with Crippen LogP contribution in [0.25, 0.3) is 0 Å². The van der Waals surface area contributed by atoms with Crippen LogP contribution >= 0.6 is 0 Å². The van der Waals surface area contributed by atoms with Crippen molar-refractivity contribution in [2.45, 2.75) is 13.5 Å². The van der Waals surface area contributed by atoms with Gasteiger partial charge in [-0.15, -0.1) is 0 Å². The zero-order valence-electron chi connectivity index (χ0n) is 10.5. The Morgan fingerprint density at radius 1 is 1.37 bits per heavy atom. The van der Waals surface area contributed by atoms with E-state index in [-0.39, 0.29) is 25.0 Å². The molecular weight excluding hydrogens is 248 g/mol. The molecule has 100 valence electrons. The maximum atomic E-state index is 11.4. The summed E-state index contributed by atoms with van der Waals surface area (Å²) >= 11 is 0. The summed E-state index contributed by atoms with van der Waals surface area (Å²) in [6.45, 7) is 2.28. The van der Waals surface area contributed by atoms with Crippen molar-refractivity contribution in [1.82, 2.24) is 4.98 Å². The summed E-state index contributed by atoms with van der Waals surface area (Å²) in [5, 5.41) is 0. The quantitative estimate of drug-likeness (QED) is 0.655. The molecule has 0 radical (unpaired) electrons. The van der Waals surface area contributed by atoms with Gasteiger partial charge in [-0.05, 0) is 24.6 Å². The van der Waals surface area contributed by atoms with Crippen LogP contribution < -0.4 is 10.5 Å². The minimum absolute atomic E-state index is 0.0277. The number of hydrogen-bond donors (Lipinski definition) is 1. The van der Waals surface area contributed by atoms with Crippen molar-refractivity contribution >= 4 is 11.7 Å². The van der Waals surface area contributed by atoms with Crippen molar-refractivity contribution < 1.29 is 18.7 Å². The first-order valence-electron chi connectivity index (χ1n) is 5.79. The number of nitrogens with zero attached hydrogens (tertiary/aromatic N) is 1. The van der Waals surface area contributed by atoms with Crippen LogP contribution in [0.3, 0.4) is 0 Å². The predicted octanol–water partition coefficient (Wildman–Crippen LogP) is 2.01. The second kappa shape index (κ2) is 5.90. The average molecular weight is 262 g/mol. The number of hydrogen-bond acceptors (Lipinski definition) is 6. The molecule has 0 fully saturated rings. The van der Waals surface area contributed by atoms with Crippen molar-refractivity contribution in [3.63, 3.8) is 0 Å². The zero-order valence-corrected chi connectivity index (χ0v) is 10.5. The number of nitrogens with two attached hydrogens (primary N) is 1. The van der Waals surface area contributed by atoms with E-state index in [0.717, 1.165) is 5.56 Å². The fraction of sp³-hybridized carbons (Fsp3) is 0.231. The molecule has 0 saturated heterocycles. The molecular formula is C13H14N2O4. The third-order valence-electron chi connectivity index (χ3n) is 2.31. The van der Waals surface area contributed by atoms with Gasteiger partial charge in [0.05, 0.1) is 6.61 Å². The number of ether oxygens (including phenoxy) is 2. The Hall–Kier alpha value is -2.50. The third-order valence-corrected chi connectivity index (χ3v) is 2.31. The van der Waals surface area contributed by atoms with Crippen LogP contribution in [0.2, 0.25) is 0 Å². The zero-order chi connectivity index (χ0) is 13.7. The van der Waals surface area contributed by atoms with Crippen LogP contribution in [0, 0.1) is 0 Å². The van der Waals surface area contributed by atoms with Gasteiger partial charge in [0.15, 0.2) is 5.69 Å². The van der Waals surface area contributed by atoms with Crippen LogP contribution in [0.4, 0.5) is 5.69 Å². The van der Waals surface area contributed by atoms with Gasteiger partial charge in [0, 0.05) is 5.69 Å². The number of aromatic nitrogens is 1. The Bertz CT molecular complexity index is 548. The number of oxazole rings is 1. The molecule has 0 saturated carbocycles. The van der Waals surface area contributed by atoms with Gasteiger partial charge in [0.25, 0.3) is 0 Å². The fourth-order valence-electron chi connectivity index (χ4n) is 1.38. The number of carbonyl (C=O) groups excluding carboxylic acids is 1. The van der Waals surface area contributed by atoms with Crippen LogP contribution in [-0.4, -0.2) is 17.6 Å². The second-order valence-corrected chi connectivity index (χ2v) is 3.75. The molecule has 1 aromatic heterocycles. The van der Waals surface area contributed by atoms with Gasteiger partial charge in [-0.3, -0.25) is 0 Å². The largest absolute Gasteiger partial charge is 0.461 e. The molecule has 0 spiro atoms. The van der Waals surface area contributed by atoms with Gasteiger partial charge in [-0.25, -0.2) is 4.79 Å². The Morgan fingerprint density at radius 2 is 2.11 bits per heavy atom. The van der Waals surface area contributed by atoms with E-state index in [1.54, 1.807) is 19.1 Å². The van der Waals surface area contributed by atoms with Gasteiger partial charge >= 0.3 is 12.0 Å². The average Bonchev–Trinajstić information content (AvgIpc) is 2.87. The molecule has 6 heteroatoms. The summed E-state index contributed by atoms with van der Waals surface area (Å²) < 4.78 is 15.1. The molecule has 0 aliphatic carbocycles. The number of anilines is 1. The summed E-state index contributed by atoms with van der Waals surface area (Å²) in [5.41, 5.74) is 7.27. The molecule has 0 atom stereocenters. The molecule has 0 bridgehead atoms. The normalized spacial score (nSPS) is 10.2. The lowest BCUT2D eigenvalue weighted by molar-refractivity contribution is 0.0519. The third kappa shape index (κ3) is 3.48. The number of rotatable bonds is 5. The van der Waals surface area contributed by atoms with Crippen LogP contribution in [0.1, 0.15) is 23.0 Å². The van der Waals surface area contributed by atoms with Gasteiger partial charge in [-0.1, -0.05) is 12.1 Å². The van der Waals surface area contributed by atoms with Crippen molar-refractivity contribution in [3.8, 4) is 6.08 Å². The summed E-state index contributed by atoms with van der Waals surface area (Å²) in [5.74, 6) is -0.534. The molecule has 0 aliphatic rings. The maximum absolute atomic E-state index is 11.4. The molecule has 0 amide bonds. The molecule has 1 heterocycles. The number of nitrogen functional groups attached to an aromatic ring is 1. The van der Waals surface area contributed by atoms with Gasteiger partial charge in [0.1, 0.15) is 12.9 Å². The fourth-order valence-corrected chi connectivity index (χ4v) is 1.38. The first-order valence-corrected chi connectivity index (χ1v) is 5.79. The van der Waals surface area contributed by atoms with Gasteiger partial charge in [-0.2, -0.15) is 4.98 Å². The van der Waals surface area contributed by atoms with Gasteiger partial charge in [0.2, 0.25) is 0 Å². The van der Waals surface area contributed by atoms with Crippen molar-refractivity contribution in [1.29, 1.82) is 0 Å². The number of benzene rings is 1. The van der Waals surface area contributed by atoms with E-state index in [1.165, 1.54) is 6.26 Å². The van der Waals surface area contributed by atoms with E-state index in [2.05, 4.69) is 4.98 Å². The standard InChI is InChI=1S/C13H14N2O4/c1-2-17-12(16)11-8-19-13(15-11)18-7-9-3-5-10(14)6-4-9/h3-6,8H,2,7,14H2,1H3. The Labute approximate surface area is 110 Å². The first kappa shape index (κ1) is 12.9. The van der Waals surface area contributed by atoms with Crippen molar-refractivity contribution in [3.05, 3.63) is 41.8 Å². The minimum Gasteiger partial charge on any atom is -0.461 e. The monoisotopic (exact) mass is 262 g/mol. The number of carbonyl (C=O) groups is 1. The molecule has 2 aromatic rings. The van der Waals surface area contributed by atoms with E-state index in [1.807, 2.05) is 12.1 Å². The summed E-state index contributed by atoms with van der Waals surface area (Å²) in [6, 6.07) is 7.23. The van der Waals surface area contributed by atoms with E-state index >= 15 is 0 Å². The van der Waals surface area contributed by atoms with Crippen LogP contribution in [-0.2, 0) is 11.3 Å². The van der Waals surface area contributed by atoms with E-state index in [9.17, 15) is 4.79 Å². The molecule has 2 rings (SSSR count). The molecule has 2 N–H and O–H groups in total. The Morgan fingerprint density at radius 3 is 2.79 bits per heavy atom. The van der Waals surface area contributed by atoms with E-state index in [4.69, 9.17) is 19.6 Å². The van der Waals surface area contributed by atoms with E-state index < -0.39 is 5.97 Å². The lowest BCUT2D eigenvalue weighted by Gasteiger charge is -2.01. The second-order valence-electron chi connectivity index (χ2n) is 3.75. The molecule has 0 aliphatic heterocycles. The predicted molar refractivity (Wildman–Crippen MR) is 67.6 cm³/mol. The lowest BCUT2D eigenvalue weighted by Crippen LogP contribution is -2.05. The molecule has 0 unspecified atom stereocenters.